The highest BCUT2D eigenvalue weighted by Gasteiger charge is 2.22. The van der Waals surface area contributed by atoms with Crippen molar-refractivity contribution in [2.75, 3.05) is 13.1 Å². The van der Waals surface area contributed by atoms with E-state index in [4.69, 9.17) is 11.6 Å². The largest absolute Gasteiger partial charge is 0.391 e. The maximum Gasteiger partial charge on any atom is 0.0773 e. The summed E-state index contributed by atoms with van der Waals surface area (Å²) in [4.78, 5) is 0. The van der Waals surface area contributed by atoms with Gasteiger partial charge in [-0.15, -0.1) is 0 Å². The first-order chi connectivity index (χ1) is 9.72. The second-order valence-electron chi connectivity index (χ2n) is 4.82. The first-order valence-corrected chi connectivity index (χ1v) is 7.29. The Bertz CT molecular complexity index is 530. The second kappa shape index (κ2) is 7.44. The molecule has 2 nitrogen and oxygen atoms in total. The third-order valence-electron chi connectivity index (χ3n) is 3.35. The summed E-state index contributed by atoms with van der Waals surface area (Å²) in [6, 6.07) is 17.8. The molecule has 0 aliphatic carbocycles. The fourth-order valence-electron chi connectivity index (χ4n) is 2.41. The van der Waals surface area contributed by atoms with Crippen molar-refractivity contribution in [2.24, 2.45) is 0 Å². The van der Waals surface area contributed by atoms with Gasteiger partial charge in [0.1, 0.15) is 0 Å². The number of benzene rings is 2. The Balaban J connectivity index is 2.34. The van der Waals surface area contributed by atoms with Gasteiger partial charge in [0, 0.05) is 17.5 Å². The van der Waals surface area contributed by atoms with E-state index in [1.807, 2.05) is 61.5 Å². The lowest BCUT2D eigenvalue weighted by Gasteiger charge is -2.24. The SMILES string of the molecule is CCNCC(O)C(c1ccccc1)c1cccc(Cl)c1. The minimum absolute atomic E-state index is 0.0750. The minimum atomic E-state index is -0.490. The van der Waals surface area contributed by atoms with Crippen LogP contribution in [-0.2, 0) is 0 Å². The van der Waals surface area contributed by atoms with Gasteiger partial charge in [0.25, 0.3) is 0 Å². The van der Waals surface area contributed by atoms with Crippen molar-refractivity contribution in [1.82, 2.24) is 5.32 Å². The molecule has 0 spiro atoms. The predicted molar refractivity (Wildman–Crippen MR) is 84.3 cm³/mol. The summed E-state index contributed by atoms with van der Waals surface area (Å²) < 4.78 is 0. The molecule has 2 N–H and O–H groups in total. The maximum absolute atomic E-state index is 10.5. The highest BCUT2D eigenvalue weighted by Crippen LogP contribution is 2.29. The Morgan fingerprint density at radius 3 is 2.40 bits per heavy atom. The summed E-state index contributed by atoms with van der Waals surface area (Å²) in [5.74, 6) is -0.0750. The number of nitrogens with one attached hydrogen (secondary N) is 1. The molecule has 2 rings (SSSR count). The Morgan fingerprint density at radius 2 is 1.75 bits per heavy atom. The average molecular weight is 290 g/mol. The van der Waals surface area contributed by atoms with Crippen LogP contribution in [0.25, 0.3) is 0 Å². The molecule has 0 aliphatic heterocycles. The Hall–Kier alpha value is -1.35. The molecule has 0 aromatic heterocycles. The normalized spacial score (nSPS) is 13.9. The molecule has 0 heterocycles. The number of hydrogen-bond acceptors (Lipinski definition) is 2. The van der Waals surface area contributed by atoms with E-state index in [1.54, 1.807) is 0 Å². The first kappa shape index (κ1) is 15.0. The lowest BCUT2D eigenvalue weighted by molar-refractivity contribution is 0.154. The van der Waals surface area contributed by atoms with E-state index < -0.39 is 6.10 Å². The van der Waals surface area contributed by atoms with Crippen LogP contribution in [-0.4, -0.2) is 24.3 Å². The summed E-state index contributed by atoms with van der Waals surface area (Å²) in [5, 5.41) is 14.4. The Kier molecular flexibility index (Phi) is 5.60. The van der Waals surface area contributed by atoms with Gasteiger partial charge in [0.2, 0.25) is 0 Å². The van der Waals surface area contributed by atoms with Gasteiger partial charge in [-0.3, -0.25) is 0 Å². The van der Waals surface area contributed by atoms with Crippen molar-refractivity contribution in [2.45, 2.75) is 18.9 Å². The van der Waals surface area contributed by atoms with Gasteiger partial charge in [-0.1, -0.05) is 61.0 Å². The van der Waals surface area contributed by atoms with Crippen molar-refractivity contribution in [3.8, 4) is 0 Å². The minimum Gasteiger partial charge on any atom is -0.391 e. The fourth-order valence-corrected chi connectivity index (χ4v) is 2.61. The zero-order chi connectivity index (χ0) is 14.4. The fraction of sp³-hybridized carbons (Fsp3) is 0.294. The van der Waals surface area contributed by atoms with Crippen molar-refractivity contribution in [1.29, 1.82) is 0 Å². The van der Waals surface area contributed by atoms with Gasteiger partial charge in [-0.2, -0.15) is 0 Å². The lowest BCUT2D eigenvalue weighted by atomic mass is 9.86. The monoisotopic (exact) mass is 289 g/mol. The quantitative estimate of drug-likeness (QED) is 0.854. The van der Waals surface area contributed by atoms with Crippen LogP contribution in [0.1, 0.15) is 24.0 Å². The first-order valence-electron chi connectivity index (χ1n) is 6.91. The molecule has 2 atom stereocenters. The van der Waals surface area contributed by atoms with Crippen molar-refractivity contribution in [3.05, 3.63) is 70.7 Å². The van der Waals surface area contributed by atoms with Crippen LogP contribution in [0.2, 0.25) is 5.02 Å². The van der Waals surface area contributed by atoms with E-state index in [9.17, 15) is 5.11 Å². The number of rotatable bonds is 6. The summed E-state index contributed by atoms with van der Waals surface area (Å²) >= 11 is 6.09. The molecular formula is C17H20ClNO. The van der Waals surface area contributed by atoms with Crippen molar-refractivity contribution >= 4 is 11.6 Å². The molecule has 0 saturated heterocycles. The van der Waals surface area contributed by atoms with Crippen LogP contribution in [0.15, 0.2) is 54.6 Å². The third kappa shape index (κ3) is 3.83. The molecule has 0 radical (unpaired) electrons. The van der Waals surface area contributed by atoms with Gasteiger partial charge in [-0.25, -0.2) is 0 Å². The Labute approximate surface area is 125 Å². The molecule has 106 valence electrons. The molecule has 2 unspecified atom stereocenters. The van der Waals surface area contributed by atoms with E-state index >= 15 is 0 Å². The zero-order valence-electron chi connectivity index (χ0n) is 11.6. The summed E-state index contributed by atoms with van der Waals surface area (Å²) in [7, 11) is 0. The summed E-state index contributed by atoms with van der Waals surface area (Å²) in [6.07, 6.45) is -0.490. The zero-order valence-corrected chi connectivity index (χ0v) is 12.3. The van der Waals surface area contributed by atoms with Crippen LogP contribution < -0.4 is 5.32 Å². The number of aliphatic hydroxyl groups is 1. The standard InChI is InChI=1S/C17H20ClNO/c1-2-19-12-16(20)17(13-7-4-3-5-8-13)14-9-6-10-15(18)11-14/h3-11,16-17,19-20H,2,12H2,1H3. The molecule has 0 amide bonds. The third-order valence-corrected chi connectivity index (χ3v) is 3.59. The van der Waals surface area contributed by atoms with Gasteiger partial charge in [0.05, 0.1) is 6.10 Å². The van der Waals surface area contributed by atoms with E-state index in [-0.39, 0.29) is 5.92 Å². The smallest absolute Gasteiger partial charge is 0.0773 e. The van der Waals surface area contributed by atoms with Crippen LogP contribution in [0.5, 0.6) is 0 Å². The summed E-state index contributed by atoms with van der Waals surface area (Å²) in [6.45, 7) is 3.43. The lowest BCUT2D eigenvalue weighted by Crippen LogP contribution is -2.32. The van der Waals surface area contributed by atoms with Crippen LogP contribution in [0.4, 0.5) is 0 Å². The average Bonchev–Trinajstić information content (AvgIpc) is 2.46. The van der Waals surface area contributed by atoms with Gasteiger partial charge >= 0.3 is 0 Å². The second-order valence-corrected chi connectivity index (χ2v) is 5.25. The van der Waals surface area contributed by atoms with Gasteiger partial charge in [-0.05, 0) is 29.8 Å². The molecule has 0 saturated carbocycles. The van der Waals surface area contributed by atoms with Crippen molar-refractivity contribution in [3.63, 3.8) is 0 Å². The summed E-state index contributed by atoms with van der Waals surface area (Å²) in [5.41, 5.74) is 2.13. The van der Waals surface area contributed by atoms with Crippen LogP contribution in [0, 0.1) is 0 Å². The van der Waals surface area contributed by atoms with E-state index in [0.29, 0.717) is 11.6 Å². The maximum atomic E-state index is 10.5. The Morgan fingerprint density at radius 1 is 1.05 bits per heavy atom. The number of halogens is 1. The van der Waals surface area contributed by atoms with Crippen LogP contribution >= 0.6 is 11.6 Å². The number of likely N-dealkylation sites (N-methyl/N-ethyl adjacent to an activating group) is 1. The molecule has 3 heteroatoms. The molecule has 0 aliphatic rings. The predicted octanol–water partition coefficient (Wildman–Crippen LogP) is 3.44. The topological polar surface area (TPSA) is 32.3 Å². The van der Waals surface area contributed by atoms with E-state index in [1.165, 1.54) is 0 Å². The van der Waals surface area contributed by atoms with Crippen LogP contribution in [0.3, 0.4) is 0 Å². The molecule has 0 bridgehead atoms. The van der Waals surface area contributed by atoms with Gasteiger partial charge in [0.15, 0.2) is 0 Å². The molecule has 0 fully saturated rings. The number of aliphatic hydroxyl groups excluding tert-OH is 1. The molecule has 2 aromatic rings. The van der Waals surface area contributed by atoms with Gasteiger partial charge < -0.3 is 10.4 Å². The van der Waals surface area contributed by atoms with E-state index in [2.05, 4.69) is 5.32 Å². The van der Waals surface area contributed by atoms with E-state index in [0.717, 1.165) is 17.7 Å². The highest BCUT2D eigenvalue weighted by molar-refractivity contribution is 6.30. The highest BCUT2D eigenvalue weighted by atomic mass is 35.5. The molecule has 20 heavy (non-hydrogen) atoms. The van der Waals surface area contributed by atoms with Crippen molar-refractivity contribution < 1.29 is 5.11 Å². The number of hydrogen-bond donors (Lipinski definition) is 2. The molecular weight excluding hydrogens is 270 g/mol. The molecule has 2 aromatic carbocycles.